The van der Waals surface area contributed by atoms with Gasteiger partial charge >= 0.3 is 0 Å². The van der Waals surface area contributed by atoms with E-state index in [1.54, 1.807) is 0 Å². The fourth-order valence-electron chi connectivity index (χ4n) is 2.43. The molecule has 0 aromatic heterocycles. The van der Waals surface area contributed by atoms with Gasteiger partial charge in [0.1, 0.15) is 0 Å². The Morgan fingerprint density at radius 2 is 2.06 bits per heavy atom. The van der Waals surface area contributed by atoms with Gasteiger partial charge in [-0.3, -0.25) is 0 Å². The highest BCUT2D eigenvalue weighted by atomic mass is 14.9. The second-order valence-electron chi connectivity index (χ2n) is 5.98. The predicted octanol–water partition coefficient (Wildman–Crippen LogP) is 3.36. The first kappa shape index (κ1) is 12.4. The van der Waals surface area contributed by atoms with E-state index < -0.39 is 0 Å². The average molecular weight is 232 g/mol. The monoisotopic (exact) mass is 232 g/mol. The van der Waals surface area contributed by atoms with Crippen LogP contribution in [-0.4, -0.2) is 18.6 Å². The number of para-hydroxylation sites is 1. The number of fused-ring (bicyclic) bond motifs is 1. The molecule has 1 unspecified atom stereocenters. The van der Waals surface area contributed by atoms with Gasteiger partial charge in [-0.05, 0) is 51.8 Å². The largest absolute Gasteiger partial charge is 0.384 e. The molecule has 0 fully saturated rings. The Morgan fingerprint density at radius 3 is 2.82 bits per heavy atom. The van der Waals surface area contributed by atoms with Crippen LogP contribution in [0.15, 0.2) is 24.3 Å². The first-order chi connectivity index (χ1) is 8.06. The van der Waals surface area contributed by atoms with Crippen LogP contribution < -0.4 is 10.6 Å². The minimum atomic E-state index is 0.242. The summed E-state index contributed by atoms with van der Waals surface area (Å²) >= 11 is 0. The third-order valence-corrected chi connectivity index (χ3v) is 3.32. The van der Waals surface area contributed by atoms with Crippen LogP contribution in [0.1, 0.15) is 45.1 Å². The average Bonchev–Trinajstić information content (AvgIpc) is 2.67. The number of rotatable bonds is 4. The maximum atomic E-state index is 3.55. The summed E-state index contributed by atoms with van der Waals surface area (Å²) in [7, 11) is 0. The van der Waals surface area contributed by atoms with Gasteiger partial charge in [-0.25, -0.2) is 0 Å². The second kappa shape index (κ2) is 5.09. The summed E-state index contributed by atoms with van der Waals surface area (Å²) in [5, 5.41) is 7.04. The summed E-state index contributed by atoms with van der Waals surface area (Å²) in [5.41, 5.74) is 3.08. The first-order valence-corrected chi connectivity index (χ1v) is 6.64. The minimum absolute atomic E-state index is 0.242. The van der Waals surface area contributed by atoms with Crippen LogP contribution >= 0.6 is 0 Å². The predicted molar refractivity (Wildman–Crippen MR) is 74.7 cm³/mol. The molecule has 0 amide bonds. The van der Waals surface area contributed by atoms with E-state index in [0.717, 1.165) is 13.1 Å². The van der Waals surface area contributed by atoms with Gasteiger partial charge in [0.2, 0.25) is 0 Å². The van der Waals surface area contributed by atoms with Gasteiger partial charge in [0, 0.05) is 23.7 Å². The molecule has 2 nitrogen and oxygen atoms in total. The topological polar surface area (TPSA) is 24.1 Å². The van der Waals surface area contributed by atoms with Crippen molar-refractivity contribution in [3.8, 4) is 0 Å². The highest BCUT2D eigenvalue weighted by Crippen LogP contribution is 2.33. The van der Waals surface area contributed by atoms with E-state index in [1.165, 1.54) is 24.1 Å². The van der Waals surface area contributed by atoms with E-state index in [1.807, 2.05) is 0 Å². The molecule has 2 heteroatoms. The van der Waals surface area contributed by atoms with Crippen LogP contribution in [0.25, 0.3) is 0 Å². The Bertz CT molecular complexity index is 365. The van der Waals surface area contributed by atoms with Gasteiger partial charge in [0.15, 0.2) is 0 Å². The summed E-state index contributed by atoms with van der Waals surface area (Å²) in [6.45, 7) is 8.88. The Hall–Kier alpha value is -1.02. The molecule has 0 aliphatic carbocycles. The standard InChI is InChI=1S/C15H24N2/c1-15(2,3)17-10-6-7-12-11-16-14-9-5-4-8-13(12)14/h4-5,8-9,12,16-17H,6-7,10-11H2,1-3H3. The van der Waals surface area contributed by atoms with Crippen molar-refractivity contribution < 1.29 is 0 Å². The maximum absolute atomic E-state index is 3.55. The van der Waals surface area contributed by atoms with E-state index in [-0.39, 0.29) is 5.54 Å². The Kier molecular flexibility index (Phi) is 3.72. The van der Waals surface area contributed by atoms with Gasteiger partial charge in [-0.15, -0.1) is 0 Å². The van der Waals surface area contributed by atoms with Crippen LogP contribution in [0.3, 0.4) is 0 Å². The molecule has 0 spiro atoms. The Labute approximate surface area is 105 Å². The highest BCUT2D eigenvalue weighted by Gasteiger charge is 2.20. The van der Waals surface area contributed by atoms with Crippen molar-refractivity contribution in [2.45, 2.75) is 45.1 Å². The van der Waals surface area contributed by atoms with Crippen molar-refractivity contribution in [3.63, 3.8) is 0 Å². The molecule has 0 saturated carbocycles. The zero-order valence-corrected chi connectivity index (χ0v) is 11.2. The molecule has 0 bridgehead atoms. The molecule has 1 aliphatic rings. The molecule has 1 atom stereocenters. The molecular weight excluding hydrogens is 208 g/mol. The van der Waals surface area contributed by atoms with Crippen molar-refractivity contribution in [2.75, 3.05) is 18.4 Å². The molecule has 0 radical (unpaired) electrons. The van der Waals surface area contributed by atoms with Gasteiger partial charge in [-0.2, -0.15) is 0 Å². The highest BCUT2D eigenvalue weighted by molar-refractivity contribution is 5.57. The van der Waals surface area contributed by atoms with Crippen molar-refractivity contribution in [1.82, 2.24) is 5.32 Å². The summed E-state index contributed by atoms with van der Waals surface area (Å²) in [5.74, 6) is 0.702. The van der Waals surface area contributed by atoms with Crippen molar-refractivity contribution in [3.05, 3.63) is 29.8 Å². The van der Waals surface area contributed by atoms with Crippen LogP contribution in [-0.2, 0) is 0 Å². The Morgan fingerprint density at radius 1 is 1.29 bits per heavy atom. The molecule has 2 N–H and O–H groups in total. The smallest absolute Gasteiger partial charge is 0.0376 e. The van der Waals surface area contributed by atoms with Gasteiger partial charge in [-0.1, -0.05) is 18.2 Å². The third-order valence-electron chi connectivity index (χ3n) is 3.32. The number of hydrogen-bond acceptors (Lipinski definition) is 2. The van der Waals surface area contributed by atoms with Crippen molar-refractivity contribution in [1.29, 1.82) is 0 Å². The lowest BCUT2D eigenvalue weighted by Crippen LogP contribution is -2.36. The summed E-state index contributed by atoms with van der Waals surface area (Å²) in [6.07, 6.45) is 2.52. The van der Waals surface area contributed by atoms with Crippen LogP contribution in [0.4, 0.5) is 5.69 Å². The molecule has 94 valence electrons. The summed E-state index contributed by atoms with van der Waals surface area (Å²) < 4.78 is 0. The van der Waals surface area contributed by atoms with E-state index in [0.29, 0.717) is 5.92 Å². The van der Waals surface area contributed by atoms with Crippen molar-refractivity contribution >= 4 is 5.69 Å². The van der Waals surface area contributed by atoms with Gasteiger partial charge < -0.3 is 10.6 Å². The molecule has 2 rings (SSSR count). The van der Waals surface area contributed by atoms with Gasteiger partial charge in [0.05, 0.1) is 0 Å². The van der Waals surface area contributed by atoms with E-state index in [2.05, 4.69) is 55.7 Å². The second-order valence-corrected chi connectivity index (χ2v) is 5.98. The summed E-state index contributed by atoms with van der Waals surface area (Å²) in [4.78, 5) is 0. The number of nitrogens with one attached hydrogen (secondary N) is 2. The first-order valence-electron chi connectivity index (χ1n) is 6.64. The molecule has 1 heterocycles. The quantitative estimate of drug-likeness (QED) is 0.778. The lowest BCUT2D eigenvalue weighted by molar-refractivity contribution is 0.414. The van der Waals surface area contributed by atoms with Crippen LogP contribution in [0.2, 0.25) is 0 Å². The van der Waals surface area contributed by atoms with Crippen LogP contribution in [0, 0.1) is 0 Å². The van der Waals surface area contributed by atoms with Gasteiger partial charge in [0.25, 0.3) is 0 Å². The lowest BCUT2D eigenvalue weighted by atomic mass is 9.96. The fraction of sp³-hybridized carbons (Fsp3) is 0.600. The lowest BCUT2D eigenvalue weighted by Gasteiger charge is -2.21. The molecular formula is C15H24N2. The van der Waals surface area contributed by atoms with E-state index in [4.69, 9.17) is 0 Å². The molecule has 1 aliphatic heterocycles. The maximum Gasteiger partial charge on any atom is 0.0376 e. The van der Waals surface area contributed by atoms with E-state index >= 15 is 0 Å². The molecule has 1 aromatic carbocycles. The van der Waals surface area contributed by atoms with E-state index in [9.17, 15) is 0 Å². The zero-order valence-electron chi connectivity index (χ0n) is 11.2. The molecule has 17 heavy (non-hydrogen) atoms. The van der Waals surface area contributed by atoms with Crippen LogP contribution in [0.5, 0.6) is 0 Å². The third kappa shape index (κ3) is 3.47. The zero-order chi connectivity index (χ0) is 12.3. The minimum Gasteiger partial charge on any atom is -0.384 e. The number of benzene rings is 1. The SMILES string of the molecule is CC(C)(C)NCCCC1CNc2ccccc21. The molecule has 1 aromatic rings. The molecule has 0 saturated heterocycles. The fourth-order valence-corrected chi connectivity index (χ4v) is 2.43. The number of anilines is 1. The normalized spacial score (nSPS) is 18.9. The van der Waals surface area contributed by atoms with Crippen molar-refractivity contribution in [2.24, 2.45) is 0 Å². The summed E-state index contributed by atoms with van der Waals surface area (Å²) in [6, 6.07) is 8.70. The number of hydrogen-bond donors (Lipinski definition) is 2. The Balaban J connectivity index is 1.78.